The van der Waals surface area contributed by atoms with Crippen LogP contribution >= 0.6 is 0 Å². The molecule has 1 aromatic carbocycles. The average molecular weight is 343 g/mol. The van der Waals surface area contributed by atoms with Crippen molar-refractivity contribution in [1.82, 2.24) is 10.3 Å². The van der Waals surface area contributed by atoms with Gasteiger partial charge in [-0.1, -0.05) is 95.8 Å². The van der Waals surface area contributed by atoms with Crippen molar-refractivity contribution in [3.63, 3.8) is 0 Å². The number of nitrogens with one attached hydrogen (secondary N) is 2. The number of H-pyrrole nitrogens is 1. The summed E-state index contributed by atoms with van der Waals surface area (Å²) in [6, 6.07) is 8.55. The summed E-state index contributed by atoms with van der Waals surface area (Å²) in [4.78, 5) is 3.35. The minimum Gasteiger partial charge on any atom is -0.361 e. The largest absolute Gasteiger partial charge is 0.361 e. The zero-order valence-corrected chi connectivity index (χ0v) is 16.3. The maximum Gasteiger partial charge on any atom is 0.0457 e. The predicted octanol–water partition coefficient (Wildman–Crippen LogP) is 6.96. The smallest absolute Gasteiger partial charge is 0.0457 e. The van der Waals surface area contributed by atoms with Gasteiger partial charge in [-0.3, -0.25) is 0 Å². The highest BCUT2D eigenvalue weighted by atomic mass is 14.9. The van der Waals surface area contributed by atoms with E-state index in [0.717, 1.165) is 13.1 Å². The van der Waals surface area contributed by atoms with Crippen LogP contribution in [0.1, 0.15) is 89.5 Å². The number of aromatic amines is 1. The third-order valence-corrected chi connectivity index (χ3v) is 5.20. The van der Waals surface area contributed by atoms with Crippen molar-refractivity contribution in [1.29, 1.82) is 0 Å². The first kappa shape index (κ1) is 20.0. The lowest BCUT2D eigenvalue weighted by Gasteiger charge is -2.05. The molecule has 0 saturated carbocycles. The maximum atomic E-state index is 3.60. The molecule has 0 atom stereocenters. The second-order valence-corrected chi connectivity index (χ2v) is 7.43. The van der Waals surface area contributed by atoms with Crippen molar-refractivity contribution in [2.45, 2.75) is 90.5 Å². The Balaban J connectivity index is 1.38. The van der Waals surface area contributed by atoms with Gasteiger partial charge in [0.25, 0.3) is 0 Å². The number of benzene rings is 1. The predicted molar refractivity (Wildman–Crippen MR) is 111 cm³/mol. The molecule has 2 rings (SSSR count). The second-order valence-electron chi connectivity index (χ2n) is 7.43. The number of hydrogen-bond donors (Lipinski definition) is 2. The molecular formula is C23H38N2. The van der Waals surface area contributed by atoms with Crippen molar-refractivity contribution in [3.05, 3.63) is 36.0 Å². The van der Waals surface area contributed by atoms with E-state index in [-0.39, 0.29) is 0 Å². The summed E-state index contributed by atoms with van der Waals surface area (Å²) >= 11 is 0. The van der Waals surface area contributed by atoms with Crippen LogP contribution in [0.5, 0.6) is 0 Å². The van der Waals surface area contributed by atoms with Gasteiger partial charge in [-0.2, -0.15) is 0 Å². The fourth-order valence-electron chi connectivity index (χ4n) is 3.59. The van der Waals surface area contributed by atoms with Crippen LogP contribution in [0.2, 0.25) is 0 Å². The van der Waals surface area contributed by atoms with E-state index in [1.165, 1.54) is 93.5 Å². The molecule has 0 aliphatic carbocycles. The van der Waals surface area contributed by atoms with E-state index in [4.69, 9.17) is 0 Å². The summed E-state index contributed by atoms with van der Waals surface area (Å²) in [5.41, 5.74) is 2.62. The summed E-state index contributed by atoms with van der Waals surface area (Å²) in [7, 11) is 0. The van der Waals surface area contributed by atoms with Gasteiger partial charge in [-0.25, -0.2) is 0 Å². The number of para-hydroxylation sites is 1. The molecule has 140 valence electrons. The first-order valence-corrected chi connectivity index (χ1v) is 10.7. The van der Waals surface area contributed by atoms with Crippen LogP contribution in [0.15, 0.2) is 30.5 Å². The Morgan fingerprint density at radius 1 is 0.760 bits per heavy atom. The third-order valence-electron chi connectivity index (χ3n) is 5.20. The Labute approximate surface area is 154 Å². The molecular weight excluding hydrogens is 304 g/mol. The van der Waals surface area contributed by atoms with Crippen molar-refractivity contribution in [3.8, 4) is 0 Å². The maximum absolute atomic E-state index is 3.60. The van der Waals surface area contributed by atoms with Crippen LogP contribution in [-0.2, 0) is 6.54 Å². The van der Waals surface area contributed by atoms with Gasteiger partial charge >= 0.3 is 0 Å². The van der Waals surface area contributed by atoms with Crippen molar-refractivity contribution in [2.24, 2.45) is 0 Å². The van der Waals surface area contributed by atoms with Crippen LogP contribution < -0.4 is 5.32 Å². The molecule has 2 aromatic rings. The Kier molecular flexibility index (Phi) is 10.4. The third kappa shape index (κ3) is 8.09. The standard InChI is InChI=1S/C23H38N2/c1-2-3-4-5-6-7-8-9-10-11-12-15-18-24-19-21-20-25-23-17-14-13-16-22(21)23/h13-14,16-17,20,24-25H,2-12,15,18-19H2,1H3. The minimum absolute atomic E-state index is 0.974. The van der Waals surface area contributed by atoms with E-state index < -0.39 is 0 Å². The van der Waals surface area contributed by atoms with Gasteiger partial charge < -0.3 is 10.3 Å². The highest BCUT2D eigenvalue weighted by molar-refractivity contribution is 5.82. The molecule has 1 aromatic heterocycles. The number of unbranched alkanes of at least 4 members (excludes halogenated alkanes) is 11. The zero-order chi connectivity index (χ0) is 17.6. The Morgan fingerprint density at radius 2 is 1.36 bits per heavy atom. The van der Waals surface area contributed by atoms with Gasteiger partial charge in [0, 0.05) is 23.6 Å². The molecule has 2 N–H and O–H groups in total. The van der Waals surface area contributed by atoms with E-state index in [0.29, 0.717) is 0 Å². The number of fused-ring (bicyclic) bond motifs is 1. The van der Waals surface area contributed by atoms with Crippen LogP contribution in [0, 0.1) is 0 Å². The van der Waals surface area contributed by atoms with Gasteiger partial charge in [-0.05, 0) is 24.6 Å². The first-order chi connectivity index (χ1) is 12.4. The molecule has 0 radical (unpaired) electrons. The molecule has 0 aliphatic rings. The van der Waals surface area contributed by atoms with Crippen molar-refractivity contribution >= 4 is 10.9 Å². The zero-order valence-electron chi connectivity index (χ0n) is 16.3. The van der Waals surface area contributed by atoms with Gasteiger partial charge in [0.2, 0.25) is 0 Å². The molecule has 2 nitrogen and oxygen atoms in total. The lowest BCUT2D eigenvalue weighted by molar-refractivity contribution is 0.535. The summed E-state index contributed by atoms with van der Waals surface area (Å²) in [6.45, 7) is 4.40. The van der Waals surface area contributed by atoms with E-state index in [2.05, 4.69) is 47.7 Å². The molecule has 25 heavy (non-hydrogen) atoms. The van der Waals surface area contributed by atoms with Crippen molar-refractivity contribution < 1.29 is 0 Å². The molecule has 0 spiro atoms. The molecule has 0 amide bonds. The molecule has 0 fully saturated rings. The first-order valence-electron chi connectivity index (χ1n) is 10.7. The lowest BCUT2D eigenvalue weighted by Crippen LogP contribution is -2.14. The van der Waals surface area contributed by atoms with E-state index in [1.807, 2.05) is 0 Å². The molecule has 0 aliphatic heterocycles. The molecule has 0 bridgehead atoms. The topological polar surface area (TPSA) is 27.8 Å². The monoisotopic (exact) mass is 342 g/mol. The van der Waals surface area contributed by atoms with Gasteiger partial charge in [0.1, 0.15) is 0 Å². The highest BCUT2D eigenvalue weighted by Gasteiger charge is 2.01. The molecule has 2 heteroatoms. The quantitative estimate of drug-likeness (QED) is 0.336. The summed E-state index contributed by atoms with van der Waals surface area (Å²) in [5.74, 6) is 0. The van der Waals surface area contributed by atoms with E-state index >= 15 is 0 Å². The van der Waals surface area contributed by atoms with Crippen LogP contribution in [-0.4, -0.2) is 11.5 Å². The Bertz CT molecular complexity index is 558. The summed E-state index contributed by atoms with van der Waals surface area (Å²) in [5, 5.41) is 4.95. The van der Waals surface area contributed by atoms with Crippen LogP contribution in [0.25, 0.3) is 10.9 Å². The van der Waals surface area contributed by atoms with Gasteiger partial charge in [-0.15, -0.1) is 0 Å². The molecule has 0 unspecified atom stereocenters. The fraction of sp³-hybridized carbons (Fsp3) is 0.652. The van der Waals surface area contributed by atoms with Gasteiger partial charge in [0.05, 0.1) is 0 Å². The minimum atomic E-state index is 0.974. The molecule has 1 heterocycles. The highest BCUT2D eigenvalue weighted by Crippen LogP contribution is 2.17. The SMILES string of the molecule is CCCCCCCCCCCCCCNCc1c[nH]c2ccccc12. The second kappa shape index (κ2) is 13.0. The number of hydrogen-bond acceptors (Lipinski definition) is 1. The van der Waals surface area contributed by atoms with E-state index in [9.17, 15) is 0 Å². The van der Waals surface area contributed by atoms with E-state index in [1.54, 1.807) is 0 Å². The normalized spacial score (nSPS) is 11.4. The average Bonchev–Trinajstić information content (AvgIpc) is 3.05. The Hall–Kier alpha value is -1.28. The number of rotatable bonds is 15. The fourth-order valence-corrected chi connectivity index (χ4v) is 3.59. The molecule has 0 saturated heterocycles. The van der Waals surface area contributed by atoms with Crippen LogP contribution in [0.3, 0.4) is 0 Å². The van der Waals surface area contributed by atoms with Crippen LogP contribution in [0.4, 0.5) is 0 Å². The summed E-state index contributed by atoms with van der Waals surface area (Å²) < 4.78 is 0. The van der Waals surface area contributed by atoms with Gasteiger partial charge in [0.15, 0.2) is 0 Å². The Morgan fingerprint density at radius 3 is 2.04 bits per heavy atom. The lowest BCUT2D eigenvalue weighted by atomic mass is 10.1. The summed E-state index contributed by atoms with van der Waals surface area (Å²) in [6.07, 6.45) is 19.1. The van der Waals surface area contributed by atoms with Crippen molar-refractivity contribution in [2.75, 3.05) is 6.54 Å². The number of aromatic nitrogens is 1.